The molecule has 10 aromatic rings. The number of halogens is 3. The number of pyridine rings is 4. The molecule has 0 radical (unpaired) electrons. The lowest BCUT2D eigenvalue weighted by atomic mass is 10.1. The molecule has 0 spiro atoms. The second-order valence-electron chi connectivity index (χ2n) is 15.1. The number of aryl methyl sites for hydroxylation is 4. The van der Waals surface area contributed by atoms with Crippen LogP contribution in [0.25, 0.3) is 22.5 Å². The van der Waals surface area contributed by atoms with Crippen LogP contribution in [0.15, 0.2) is 165 Å². The largest absolute Gasteiger partial charge is 0.329 e. The zero-order valence-corrected chi connectivity index (χ0v) is 41.8. The number of nitrogens with one attached hydrogen (secondary N) is 1. The van der Waals surface area contributed by atoms with E-state index < -0.39 is 0 Å². The van der Waals surface area contributed by atoms with Crippen molar-refractivity contribution in [1.29, 1.82) is 0 Å². The molecule has 19 heteroatoms. The summed E-state index contributed by atoms with van der Waals surface area (Å²) in [7, 11) is 0. The Labute approximate surface area is 426 Å². The Kier molecular flexibility index (Phi) is 16.9. The van der Waals surface area contributed by atoms with Crippen molar-refractivity contribution in [2.45, 2.75) is 38.1 Å². The molecule has 10 aromatic heterocycles. The van der Waals surface area contributed by atoms with Crippen LogP contribution in [-0.4, -0.2) is 50.9 Å². The quantitative estimate of drug-likeness (QED) is 0.112. The van der Waals surface area contributed by atoms with Crippen LogP contribution >= 0.6 is 80.1 Å². The summed E-state index contributed by atoms with van der Waals surface area (Å²) in [6.07, 6.45) is 13.0. The topological polar surface area (TPSA) is 150 Å². The fourth-order valence-electron chi connectivity index (χ4n) is 6.89. The number of aromatic nitrogens is 8. The molecule has 0 aromatic carbocycles. The zero-order chi connectivity index (χ0) is 48.1. The lowest BCUT2D eigenvalue weighted by Crippen LogP contribution is -2.19. The molecule has 0 aliphatic carbocycles. The van der Waals surface area contributed by atoms with E-state index in [9.17, 15) is 19.2 Å². The predicted molar refractivity (Wildman–Crippen MR) is 279 cm³/mol. The maximum atomic E-state index is 13.1. The first-order valence-electron chi connectivity index (χ1n) is 21.1. The van der Waals surface area contributed by atoms with Gasteiger partial charge in [-0.15, -0.1) is 34.3 Å². The summed E-state index contributed by atoms with van der Waals surface area (Å²) in [6, 6.07) is 29.3. The number of hydrogen-bond donors (Lipinski definition) is 1. The van der Waals surface area contributed by atoms with Crippen molar-refractivity contribution < 1.29 is 9.59 Å². The van der Waals surface area contributed by atoms with Crippen LogP contribution in [0.2, 0.25) is 8.67 Å². The third-order valence-corrected chi connectivity index (χ3v) is 14.6. The van der Waals surface area contributed by atoms with Crippen LogP contribution in [0.4, 0.5) is 0 Å². The van der Waals surface area contributed by atoms with Crippen molar-refractivity contribution in [3.05, 3.63) is 229 Å². The molecule has 0 amide bonds. The van der Waals surface area contributed by atoms with Gasteiger partial charge in [0.2, 0.25) is 5.56 Å². The standard InChI is InChI=1S/C25H19ClN4O2S2.C19H14ClN3O2S2.C6H6ClN/c26-23-6-5-21(34-23)4-3-20-13-22(28-30(20)25(32)19-8-11-33-16-19)18-7-10-29(24(31)12-18)15-17-2-1-9-27-14-17;20-17-4-3-15(27-17)2-1-14-10-16(12-5-7-21-18(24)9-12)22-23(14)19(25)13-6-8-26-11-13;7-4-6-2-1-3-8-5-6/h1-2,5-14,16H,3-4,15H2;3-11H,1-2H2,(H,21,24);1-3,5H,4H2. The zero-order valence-electron chi connectivity index (χ0n) is 36.3. The summed E-state index contributed by atoms with van der Waals surface area (Å²) < 4.78 is 6.00. The van der Waals surface area contributed by atoms with Crippen LogP contribution in [0, 0.1) is 0 Å². The fraction of sp³-hybridized carbons (Fsp3) is 0.120. The molecule has 10 heterocycles. The van der Waals surface area contributed by atoms with Crippen LogP contribution in [-0.2, 0) is 38.1 Å². The second-order valence-corrected chi connectivity index (χ2v) is 20.5. The van der Waals surface area contributed by atoms with Crippen molar-refractivity contribution in [2.24, 2.45) is 0 Å². The first-order chi connectivity index (χ1) is 33.6. The second kappa shape index (κ2) is 23.8. The Morgan fingerprint density at radius 1 is 0.623 bits per heavy atom. The monoisotopic (exact) mass is 1050 g/mol. The van der Waals surface area contributed by atoms with Crippen molar-refractivity contribution in [3.8, 4) is 22.5 Å². The van der Waals surface area contributed by atoms with Gasteiger partial charge in [0.25, 0.3) is 17.4 Å². The number of aromatic amines is 1. The summed E-state index contributed by atoms with van der Waals surface area (Å²) in [5.74, 6) is 0.191. The molecule has 0 saturated heterocycles. The van der Waals surface area contributed by atoms with Crippen LogP contribution in [0.1, 0.15) is 53.0 Å². The highest BCUT2D eigenvalue weighted by atomic mass is 35.5. The Hall–Kier alpha value is -6.37. The molecule has 0 aliphatic rings. The van der Waals surface area contributed by atoms with E-state index in [-0.39, 0.29) is 22.9 Å². The van der Waals surface area contributed by atoms with Gasteiger partial charge in [-0.2, -0.15) is 32.9 Å². The van der Waals surface area contributed by atoms with Crippen molar-refractivity contribution >= 4 is 92.0 Å². The molecule has 12 nitrogen and oxygen atoms in total. The number of rotatable bonds is 13. The first kappa shape index (κ1) is 49.1. The molecule has 0 fully saturated rings. The Morgan fingerprint density at radius 2 is 1.17 bits per heavy atom. The number of nitrogens with zero attached hydrogens (tertiary/aromatic N) is 7. The number of carbonyl (C=O) groups excluding carboxylic acids is 2. The summed E-state index contributed by atoms with van der Waals surface area (Å²) in [6.45, 7) is 0.437. The van der Waals surface area contributed by atoms with E-state index in [4.69, 9.17) is 34.8 Å². The molecule has 0 aliphatic heterocycles. The lowest BCUT2D eigenvalue weighted by molar-refractivity contribution is 0.0934. The minimum Gasteiger partial charge on any atom is -0.329 e. The summed E-state index contributed by atoms with van der Waals surface area (Å²) in [4.78, 5) is 63.2. The van der Waals surface area contributed by atoms with E-state index in [1.165, 1.54) is 60.8 Å². The van der Waals surface area contributed by atoms with E-state index in [2.05, 4.69) is 25.1 Å². The maximum absolute atomic E-state index is 13.1. The van der Waals surface area contributed by atoms with E-state index in [1.54, 1.807) is 71.4 Å². The fourth-order valence-corrected chi connectivity index (χ4v) is 10.5. The molecule has 0 atom stereocenters. The average Bonchev–Trinajstić information content (AvgIpc) is 4.24. The maximum Gasteiger partial charge on any atom is 0.279 e. The summed E-state index contributed by atoms with van der Waals surface area (Å²) >= 11 is 23.6. The molecule has 348 valence electrons. The van der Waals surface area contributed by atoms with Gasteiger partial charge in [0.05, 0.1) is 37.7 Å². The van der Waals surface area contributed by atoms with Crippen molar-refractivity contribution in [2.75, 3.05) is 0 Å². The van der Waals surface area contributed by atoms with Crippen LogP contribution < -0.4 is 11.1 Å². The highest BCUT2D eigenvalue weighted by molar-refractivity contribution is 7.16. The third-order valence-electron chi connectivity index (χ3n) is 10.3. The molecular formula is C50H39Cl3N8O4S4. The minimum absolute atomic E-state index is 0.144. The Balaban J connectivity index is 0.000000163. The van der Waals surface area contributed by atoms with Gasteiger partial charge in [-0.3, -0.25) is 29.1 Å². The first-order valence-corrected chi connectivity index (χ1v) is 25.9. The lowest BCUT2D eigenvalue weighted by Gasteiger charge is -2.06. The summed E-state index contributed by atoms with van der Waals surface area (Å²) in [5, 5.41) is 16.4. The van der Waals surface area contributed by atoms with Gasteiger partial charge < -0.3 is 9.55 Å². The van der Waals surface area contributed by atoms with Crippen LogP contribution in [0.3, 0.4) is 0 Å². The SMILES string of the molecule is ClCc1cccnc1.O=C(c1ccsc1)n1nc(-c2cc[nH]c(=O)c2)cc1CCc1ccc(Cl)s1.O=C(c1ccsc1)n1nc(-c2ccn(Cc3cccnc3)c(=O)c2)cc1CCc1ccc(Cl)s1. The van der Waals surface area contributed by atoms with Gasteiger partial charge in [0, 0.05) is 98.2 Å². The number of hydrogen-bond acceptors (Lipinski definition) is 12. The Morgan fingerprint density at radius 3 is 1.61 bits per heavy atom. The smallest absolute Gasteiger partial charge is 0.279 e. The van der Waals surface area contributed by atoms with Gasteiger partial charge >= 0.3 is 0 Å². The molecule has 69 heavy (non-hydrogen) atoms. The van der Waals surface area contributed by atoms with Crippen molar-refractivity contribution in [3.63, 3.8) is 0 Å². The number of alkyl halides is 1. The number of thiophene rings is 4. The molecule has 10 rings (SSSR count). The molecule has 0 bridgehead atoms. The van der Waals surface area contributed by atoms with Gasteiger partial charge in [-0.05, 0) is 120 Å². The van der Waals surface area contributed by atoms with E-state index in [1.807, 2.05) is 82.9 Å². The Bertz CT molecular complexity index is 3380. The normalized spacial score (nSPS) is 10.8. The molecular weight excluding hydrogens is 1010 g/mol. The molecule has 0 unspecified atom stereocenters. The van der Waals surface area contributed by atoms with Crippen molar-refractivity contribution in [1.82, 2.24) is 39.1 Å². The molecule has 0 saturated carbocycles. The van der Waals surface area contributed by atoms with Gasteiger partial charge in [-0.25, -0.2) is 9.36 Å². The third kappa shape index (κ3) is 13.2. The highest BCUT2D eigenvalue weighted by Gasteiger charge is 2.20. The van der Waals surface area contributed by atoms with Crippen LogP contribution in [0.5, 0.6) is 0 Å². The minimum atomic E-state index is -0.207. The average molecular weight is 1050 g/mol. The predicted octanol–water partition coefficient (Wildman–Crippen LogP) is 11.7. The number of carbonyl (C=O) groups is 2. The summed E-state index contributed by atoms with van der Waals surface area (Å²) in [5.41, 5.74) is 6.97. The van der Waals surface area contributed by atoms with Gasteiger partial charge in [0.1, 0.15) is 0 Å². The highest BCUT2D eigenvalue weighted by Crippen LogP contribution is 2.27. The molecule has 1 N–H and O–H groups in total. The number of H-pyrrole nitrogens is 1. The van der Waals surface area contributed by atoms with E-state index in [0.29, 0.717) is 58.9 Å². The van der Waals surface area contributed by atoms with Gasteiger partial charge in [-0.1, -0.05) is 35.3 Å². The van der Waals surface area contributed by atoms with Gasteiger partial charge in [0.15, 0.2) is 0 Å². The van der Waals surface area contributed by atoms with E-state index in [0.717, 1.165) is 53.8 Å². The van der Waals surface area contributed by atoms with E-state index >= 15 is 0 Å².